The maximum absolute atomic E-state index is 12.9. The van der Waals surface area contributed by atoms with Crippen LogP contribution in [0.15, 0.2) is 47.8 Å². The van der Waals surface area contributed by atoms with Crippen molar-refractivity contribution in [1.29, 1.82) is 0 Å². The molecule has 3 rings (SSSR count). The van der Waals surface area contributed by atoms with Crippen LogP contribution in [-0.4, -0.2) is 16.9 Å². The van der Waals surface area contributed by atoms with Crippen molar-refractivity contribution < 1.29 is 14.0 Å². The average molecular weight is 384 g/mol. The second-order valence-corrected chi connectivity index (χ2v) is 6.75. The van der Waals surface area contributed by atoms with Gasteiger partial charge in [0.05, 0.1) is 0 Å². The third-order valence-corrected chi connectivity index (χ3v) is 4.45. The van der Waals surface area contributed by atoms with E-state index >= 15 is 0 Å². The minimum Gasteiger partial charge on any atom is -0.320 e. The van der Waals surface area contributed by atoms with E-state index in [0.717, 1.165) is 22.5 Å². The number of carbonyl (C=O) groups excluding carboxylic acids is 2. The molecule has 0 bridgehead atoms. The molecule has 8 heteroatoms. The summed E-state index contributed by atoms with van der Waals surface area (Å²) in [5, 5.41) is 9.75. The van der Waals surface area contributed by atoms with E-state index in [4.69, 9.17) is 0 Å². The summed E-state index contributed by atoms with van der Waals surface area (Å²) >= 11 is 1.13. The molecule has 2 aromatic carbocycles. The second-order valence-electron chi connectivity index (χ2n) is 5.90. The molecule has 6 nitrogen and oxygen atoms in total. The molecule has 0 radical (unpaired) electrons. The molecular weight excluding hydrogens is 367 g/mol. The lowest BCUT2D eigenvalue weighted by molar-refractivity contribution is 0.102. The number of halogens is 1. The Morgan fingerprint density at radius 2 is 1.74 bits per heavy atom. The number of rotatable bonds is 4. The van der Waals surface area contributed by atoms with Crippen molar-refractivity contribution in [1.82, 2.24) is 4.98 Å². The van der Waals surface area contributed by atoms with Gasteiger partial charge < -0.3 is 10.6 Å². The molecule has 0 atom stereocenters. The van der Waals surface area contributed by atoms with E-state index in [0.29, 0.717) is 11.4 Å². The Kier molecular flexibility index (Phi) is 5.46. The standard InChI is InChI=1S/C19H17FN4O2S/c1-11-3-8-15(12(2)9-11)22-17(25)16-10-27-19(23-16)24-18(26)21-14-6-4-13(20)5-7-14/h3-10H,1-2H3,(H,22,25)(H2,21,23,24,26). The van der Waals surface area contributed by atoms with E-state index in [1.165, 1.54) is 24.3 Å². The molecule has 0 aliphatic rings. The number of hydrogen-bond donors (Lipinski definition) is 3. The fourth-order valence-electron chi connectivity index (χ4n) is 2.37. The van der Waals surface area contributed by atoms with Crippen molar-refractivity contribution in [3.05, 3.63) is 70.5 Å². The first kappa shape index (κ1) is 18.5. The summed E-state index contributed by atoms with van der Waals surface area (Å²) < 4.78 is 12.9. The molecule has 1 heterocycles. The van der Waals surface area contributed by atoms with E-state index in [2.05, 4.69) is 20.9 Å². The molecule has 0 unspecified atom stereocenters. The van der Waals surface area contributed by atoms with Gasteiger partial charge in [0, 0.05) is 16.8 Å². The summed E-state index contributed by atoms with van der Waals surface area (Å²) in [6, 6.07) is 10.6. The van der Waals surface area contributed by atoms with Crippen molar-refractivity contribution >= 4 is 39.8 Å². The van der Waals surface area contributed by atoms with Gasteiger partial charge in [-0.1, -0.05) is 17.7 Å². The van der Waals surface area contributed by atoms with Crippen LogP contribution >= 0.6 is 11.3 Å². The van der Waals surface area contributed by atoms with Crippen molar-refractivity contribution in [2.24, 2.45) is 0 Å². The first-order valence-corrected chi connectivity index (χ1v) is 8.96. The second kappa shape index (κ2) is 7.96. The van der Waals surface area contributed by atoms with Crippen LogP contribution in [0.5, 0.6) is 0 Å². The van der Waals surface area contributed by atoms with Crippen molar-refractivity contribution in [2.75, 3.05) is 16.0 Å². The number of benzene rings is 2. The van der Waals surface area contributed by atoms with E-state index in [1.807, 2.05) is 32.0 Å². The molecular formula is C19H17FN4O2S. The Labute approximate surface area is 159 Å². The third-order valence-electron chi connectivity index (χ3n) is 3.69. The van der Waals surface area contributed by atoms with Gasteiger partial charge in [-0.15, -0.1) is 11.3 Å². The van der Waals surface area contributed by atoms with Crippen molar-refractivity contribution in [2.45, 2.75) is 13.8 Å². The number of thiazole rings is 1. The monoisotopic (exact) mass is 384 g/mol. The smallest absolute Gasteiger partial charge is 0.320 e. The highest BCUT2D eigenvalue weighted by atomic mass is 32.1. The quantitative estimate of drug-likeness (QED) is 0.604. The number of anilines is 3. The number of hydrogen-bond acceptors (Lipinski definition) is 4. The third kappa shape index (κ3) is 4.89. The van der Waals surface area contributed by atoms with Crippen LogP contribution in [0.3, 0.4) is 0 Å². The Morgan fingerprint density at radius 3 is 2.44 bits per heavy atom. The van der Waals surface area contributed by atoms with Gasteiger partial charge in [0.1, 0.15) is 11.5 Å². The van der Waals surface area contributed by atoms with Crippen LogP contribution in [-0.2, 0) is 0 Å². The predicted molar refractivity (Wildman–Crippen MR) is 105 cm³/mol. The van der Waals surface area contributed by atoms with Gasteiger partial charge in [0.25, 0.3) is 5.91 Å². The van der Waals surface area contributed by atoms with Crippen LogP contribution in [0, 0.1) is 19.7 Å². The highest BCUT2D eigenvalue weighted by Gasteiger charge is 2.13. The van der Waals surface area contributed by atoms with Crippen LogP contribution in [0.1, 0.15) is 21.6 Å². The Morgan fingerprint density at radius 1 is 1.00 bits per heavy atom. The molecule has 1 aromatic heterocycles. The van der Waals surface area contributed by atoms with Crippen LogP contribution in [0.4, 0.5) is 25.7 Å². The highest BCUT2D eigenvalue weighted by molar-refractivity contribution is 7.14. The number of nitrogens with zero attached hydrogens (tertiary/aromatic N) is 1. The maximum atomic E-state index is 12.9. The van der Waals surface area contributed by atoms with Gasteiger partial charge in [-0.3, -0.25) is 10.1 Å². The lowest BCUT2D eigenvalue weighted by atomic mass is 10.1. The summed E-state index contributed by atoms with van der Waals surface area (Å²) in [5.41, 5.74) is 3.42. The number of aryl methyl sites for hydroxylation is 2. The van der Waals surface area contributed by atoms with Gasteiger partial charge in [0.2, 0.25) is 0 Å². The lowest BCUT2D eigenvalue weighted by Crippen LogP contribution is -2.19. The molecule has 3 N–H and O–H groups in total. The number of urea groups is 1. The van der Waals surface area contributed by atoms with Crippen LogP contribution < -0.4 is 16.0 Å². The number of amides is 3. The Balaban J connectivity index is 1.61. The SMILES string of the molecule is Cc1ccc(NC(=O)c2csc(NC(=O)Nc3ccc(F)cc3)n2)c(C)c1. The van der Waals surface area contributed by atoms with Crippen molar-refractivity contribution in [3.8, 4) is 0 Å². The van der Waals surface area contributed by atoms with Crippen LogP contribution in [0.25, 0.3) is 0 Å². The maximum Gasteiger partial charge on any atom is 0.325 e. The van der Waals surface area contributed by atoms with E-state index in [-0.39, 0.29) is 22.5 Å². The van der Waals surface area contributed by atoms with Gasteiger partial charge in [-0.2, -0.15) is 0 Å². The van der Waals surface area contributed by atoms with Gasteiger partial charge >= 0.3 is 6.03 Å². The molecule has 0 saturated carbocycles. The fourth-order valence-corrected chi connectivity index (χ4v) is 3.05. The largest absolute Gasteiger partial charge is 0.325 e. The topological polar surface area (TPSA) is 83.1 Å². The van der Waals surface area contributed by atoms with E-state index in [9.17, 15) is 14.0 Å². The summed E-state index contributed by atoms with van der Waals surface area (Å²) in [6.45, 7) is 3.89. The Hall–Kier alpha value is -3.26. The first-order valence-electron chi connectivity index (χ1n) is 8.08. The van der Waals surface area contributed by atoms with Gasteiger partial charge in [-0.05, 0) is 49.7 Å². The average Bonchev–Trinajstić information content (AvgIpc) is 3.08. The van der Waals surface area contributed by atoms with E-state index < -0.39 is 6.03 Å². The molecule has 27 heavy (non-hydrogen) atoms. The number of nitrogens with one attached hydrogen (secondary N) is 3. The van der Waals surface area contributed by atoms with Crippen molar-refractivity contribution in [3.63, 3.8) is 0 Å². The first-order chi connectivity index (χ1) is 12.9. The summed E-state index contributed by atoms with van der Waals surface area (Å²) in [4.78, 5) is 28.4. The normalized spacial score (nSPS) is 10.3. The molecule has 3 amide bonds. The zero-order valence-electron chi connectivity index (χ0n) is 14.7. The lowest BCUT2D eigenvalue weighted by Gasteiger charge is -2.07. The highest BCUT2D eigenvalue weighted by Crippen LogP contribution is 2.20. The summed E-state index contributed by atoms with van der Waals surface area (Å²) in [7, 11) is 0. The molecule has 3 aromatic rings. The summed E-state index contributed by atoms with van der Waals surface area (Å²) in [5.74, 6) is -0.745. The molecule has 0 saturated heterocycles. The zero-order valence-corrected chi connectivity index (χ0v) is 15.5. The molecule has 0 aliphatic carbocycles. The minimum absolute atomic E-state index is 0.206. The molecule has 0 spiro atoms. The molecule has 138 valence electrons. The van der Waals surface area contributed by atoms with Crippen LogP contribution in [0.2, 0.25) is 0 Å². The number of aromatic nitrogens is 1. The number of carbonyl (C=O) groups is 2. The minimum atomic E-state index is -0.530. The fraction of sp³-hybridized carbons (Fsp3) is 0.105. The molecule has 0 aliphatic heterocycles. The molecule has 0 fully saturated rings. The van der Waals surface area contributed by atoms with Gasteiger partial charge in [-0.25, -0.2) is 14.2 Å². The Bertz CT molecular complexity index is 986. The zero-order chi connectivity index (χ0) is 19.4. The predicted octanol–water partition coefficient (Wildman–Crippen LogP) is 4.80. The summed E-state index contributed by atoms with van der Waals surface area (Å²) in [6.07, 6.45) is 0. The van der Waals surface area contributed by atoms with E-state index in [1.54, 1.807) is 5.38 Å². The van der Waals surface area contributed by atoms with Gasteiger partial charge in [0.15, 0.2) is 5.13 Å².